The van der Waals surface area contributed by atoms with Crippen LogP contribution < -0.4 is 0 Å². The Hall–Kier alpha value is -9.32. The summed E-state index contributed by atoms with van der Waals surface area (Å²) in [4.78, 5) is 10.3. The van der Waals surface area contributed by atoms with Crippen molar-refractivity contribution < 1.29 is 0 Å². The number of nitrogens with zero attached hydrogens (tertiary/aromatic N) is 5. The molecule has 14 aromatic rings. The Kier molecular flexibility index (Phi) is 9.70. The van der Waals surface area contributed by atoms with Gasteiger partial charge in [0.25, 0.3) is 0 Å². The normalized spacial score (nSPS) is 11.8. The van der Waals surface area contributed by atoms with Gasteiger partial charge < -0.3 is 13.7 Å². The monoisotopic (exact) mass is 935 g/mol. The molecule has 5 heteroatoms. The van der Waals surface area contributed by atoms with Crippen LogP contribution in [0, 0.1) is 27.7 Å². The zero-order valence-electron chi connectivity index (χ0n) is 41.1. The van der Waals surface area contributed by atoms with Gasteiger partial charge in [-0.25, -0.2) is 9.97 Å². The summed E-state index contributed by atoms with van der Waals surface area (Å²) < 4.78 is 7.32. The average molecular weight is 936 g/mol. The van der Waals surface area contributed by atoms with E-state index in [1.807, 2.05) is 0 Å². The maximum absolute atomic E-state index is 5.19. The van der Waals surface area contributed by atoms with Crippen molar-refractivity contribution in [3.8, 4) is 62.1 Å². The smallest absolute Gasteiger partial charge is 0.160 e. The predicted octanol–water partition coefficient (Wildman–Crippen LogP) is 17.7. The molecule has 10 aromatic carbocycles. The number of benzene rings is 10. The van der Waals surface area contributed by atoms with Crippen LogP contribution in [0.1, 0.15) is 22.3 Å². The Bertz CT molecular complexity index is 4180. The molecule has 0 aliphatic carbocycles. The summed E-state index contributed by atoms with van der Waals surface area (Å²) in [6, 6.07) is 81.7. The van der Waals surface area contributed by atoms with Crippen molar-refractivity contribution in [2.45, 2.75) is 27.7 Å². The van der Waals surface area contributed by atoms with Gasteiger partial charge >= 0.3 is 0 Å². The second kappa shape index (κ2) is 16.6. The van der Waals surface area contributed by atoms with Crippen molar-refractivity contribution in [3.05, 3.63) is 247 Å². The van der Waals surface area contributed by atoms with Crippen molar-refractivity contribution in [1.82, 2.24) is 23.7 Å². The van der Waals surface area contributed by atoms with Crippen LogP contribution in [0.25, 0.3) is 128 Å². The highest BCUT2D eigenvalue weighted by Gasteiger charge is 2.21. The molecule has 346 valence electrons. The van der Waals surface area contributed by atoms with Crippen molar-refractivity contribution >= 4 is 65.4 Å². The van der Waals surface area contributed by atoms with Crippen molar-refractivity contribution in [1.29, 1.82) is 0 Å². The molecule has 0 aliphatic heterocycles. The molecular formula is C68H49N5. The Morgan fingerprint density at radius 2 is 0.658 bits per heavy atom. The summed E-state index contributed by atoms with van der Waals surface area (Å²) in [5.41, 5.74) is 22.7. The molecule has 73 heavy (non-hydrogen) atoms. The van der Waals surface area contributed by atoms with E-state index < -0.39 is 0 Å². The number of aryl methyl sites for hydroxylation is 4. The molecule has 0 unspecified atom stereocenters. The fourth-order valence-electron chi connectivity index (χ4n) is 11.8. The van der Waals surface area contributed by atoms with Gasteiger partial charge in [-0.3, -0.25) is 0 Å². The highest BCUT2D eigenvalue weighted by atomic mass is 15.0. The summed E-state index contributed by atoms with van der Waals surface area (Å²) in [7, 11) is 0. The van der Waals surface area contributed by atoms with Gasteiger partial charge in [0.15, 0.2) is 5.82 Å². The lowest BCUT2D eigenvalue weighted by Crippen LogP contribution is -1.99. The minimum absolute atomic E-state index is 0.733. The number of hydrogen-bond acceptors (Lipinski definition) is 2. The molecule has 14 rings (SSSR count). The number of fused-ring (bicyclic) bond motifs is 9. The molecule has 0 saturated carbocycles. The van der Waals surface area contributed by atoms with Crippen molar-refractivity contribution in [3.63, 3.8) is 0 Å². The van der Waals surface area contributed by atoms with Crippen molar-refractivity contribution in [2.75, 3.05) is 0 Å². The molecule has 0 saturated heterocycles. The molecular weight excluding hydrogens is 887 g/mol. The third-order valence-electron chi connectivity index (χ3n) is 15.2. The quantitative estimate of drug-likeness (QED) is 0.160. The third kappa shape index (κ3) is 6.77. The third-order valence-corrected chi connectivity index (χ3v) is 15.2. The van der Waals surface area contributed by atoms with Gasteiger partial charge in [-0.1, -0.05) is 146 Å². The van der Waals surface area contributed by atoms with Crippen LogP contribution in [-0.4, -0.2) is 23.7 Å². The van der Waals surface area contributed by atoms with Crippen LogP contribution in [0.5, 0.6) is 0 Å². The first-order valence-corrected chi connectivity index (χ1v) is 25.2. The van der Waals surface area contributed by atoms with Crippen molar-refractivity contribution in [2.24, 2.45) is 0 Å². The van der Waals surface area contributed by atoms with Crippen LogP contribution in [0.2, 0.25) is 0 Å². The van der Waals surface area contributed by atoms with Crippen LogP contribution in [0.4, 0.5) is 0 Å². The molecule has 0 fully saturated rings. The largest absolute Gasteiger partial charge is 0.309 e. The SMILES string of the molecule is Cc1ccccc1-c1cc(-c2ccc(-c3c(C)cc(-n4c5ccc(-n6c7ccccc7c7ccccc76)cc5c5cc(-n6c7ccccc7c7ccccc76)ccc54)cc3C)cc2)nc(-c2ccccc2C)n1. The molecule has 0 N–H and O–H groups in total. The van der Waals surface area contributed by atoms with Crippen LogP contribution in [-0.2, 0) is 0 Å². The van der Waals surface area contributed by atoms with E-state index in [1.54, 1.807) is 0 Å². The van der Waals surface area contributed by atoms with Crippen LogP contribution in [0.15, 0.2) is 224 Å². The fraction of sp³-hybridized carbons (Fsp3) is 0.0588. The number of hydrogen-bond donors (Lipinski definition) is 0. The Balaban J connectivity index is 0.915. The summed E-state index contributed by atoms with van der Waals surface area (Å²) in [6.45, 7) is 8.77. The Labute approximate surface area is 423 Å². The summed E-state index contributed by atoms with van der Waals surface area (Å²) in [5, 5.41) is 7.42. The van der Waals surface area contributed by atoms with Crippen LogP contribution >= 0.6 is 0 Å². The zero-order valence-corrected chi connectivity index (χ0v) is 41.1. The molecule has 4 aromatic heterocycles. The summed E-state index contributed by atoms with van der Waals surface area (Å²) in [6.07, 6.45) is 0. The zero-order chi connectivity index (χ0) is 48.9. The van der Waals surface area contributed by atoms with Gasteiger partial charge in [0.05, 0.1) is 44.5 Å². The van der Waals surface area contributed by atoms with E-state index in [1.165, 1.54) is 82.2 Å². The van der Waals surface area contributed by atoms with E-state index in [9.17, 15) is 0 Å². The molecule has 0 radical (unpaired) electrons. The first-order valence-electron chi connectivity index (χ1n) is 25.2. The Morgan fingerprint density at radius 3 is 1.14 bits per heavy atom. The van der Waals surface area contributed by atoms with Crippen LogP contribution in [0.3, 0.4) is 0 Å². The molecule has 4 heterocycles. The molecule has 0 bridgehead atoms. The standard InChI is InChI=1S/C68H49N5/c1-42-17-5-7-19-51(42)60-41-59(69-68(70-60)52-20-8-6-18-43(52)2)46-29-31-47(32-30-46)67-44(3)37-50(38-45(67)4)73-65-35-33-48(71-61-25-13-9-21-53(61)54-22-10-14-26-62(54)71)39-57(65)58-40-49(34-36-66(58)73)72-63-27-15-11-23-55(63)56-24-12-16-28-64(56)72/h5-41H,1-4H3. The van der Waals surface area contributed by atoms with E-state index in [2.05, 4.69) is 266 Å². The maximum atomic E-state index is 5.19. The number of para-hydroxylation sites is 4. The van der Waals surface area contributed by atoms with Gasteiger partial charge in [0.2, 0.25) is 0 Å². The van der Waals surface area contributed by atoms with Gasteiger partial charge in [-0.2, -0.15) is 0 Å². The molecule has 0 spiro atoms. The minimum atomic E-state index is 0.733. The second-order valence-electron chi connectivity index (χ2n) is 19.6. The van der Waals surface area contributed by atoms with E-state index in [-0.39, 0.29) is 0 Å². The predicted molar refractivity (Wildman–Crippen MR) is 306 cm³/mol. The topological polar surface area (TPSA) is 40.6 Å². The summed E-state index contributed by atoms with van der Waals surface area (Å²) >= 11 is 0. The fourth-order valence-corrected chi connectivity index (χ4v) is 11.8. The average Bonchev–Trinajstić information content (AvgIpc) is 4.07. The molecule has 0 amide bonds. The van der Waals surface area contributed by atoms with E-state index in [4.69, 9.17) is 9.97 Å². The van der Waals surface area contributed by atoms with Gasteiger partial charge in [0, 0.05) is 66.1 Å². The Morgan fingerprint density at radius 1 is 0.274 bits per heavy atom. The summed E-state index contributed by atoms with van der Waals surface area (Å²) in [5.74, 6) is 0.733. The maximum Gasteiger partial charge on any atom is 0.160 e. The lowest BCUT2D eigenvalue weighted by molar-refractivity contribution is 1.15. The van der Waals surface area contributed by atoms with Gasteiger partial charge in [-0.05, 0) is 140 Å². The van der Waals surface area contributed by atoms with Gasteiger partial charge in [0.1, 0.15) is 0 Å². The molecule has 5 nitrogen and oxygen atoms in total. The van der Waals surface area contributed by atoms with Gasteiger partial charge in [-0.15, -0.1) is 0 Å². The first kappa shape index (κ1) is 42.5. The van der Waals surface area contributed by atoms with E-state index in [0.717, 1.165) is 67.6 Å². The minimum Gasteiger partial charge on any atom is -0.309 e. The second-order valence-corrected chi connectivity index (χ2v) is 19.6. The molecule has 0 aliphatic rings. The first-order chi connectivity index (χ1) is 35.9. The molecule has 0 atom stereocenters. The lowest BCUT2D eigenvalue weighted by atomic mass is 9.93. The van der Waals surface area contributed by atoms with E-state index >= 15 is 0 Å². The number of rotatable bonds is 7. The van der Waals surface area contributed by atoms with E-state index in [0.29, 0.717) is 0 Å². The lowest BCUT2D eigenvalue weighted by Gasteiger charge is -2.16. The number of aromatic nitrogens is 5. The highest BCUT2D eigenvalue weighted by Crippen LogP contribution is 2.41. The highest BCUT2D eigenvalue weighted by molar-refractivity contribution is 6.14.